The first-order valence-corrected chi connectivity index (χ1v) is 10.9. The van der Waals surface area contributed by atoms with Gasteiger partial charge in [-0.05, 0) is 30.0 Å². The van der Waals surface area contributed by atoms with E-state index in [0.29, 0.717) is 17.5 Å². The van der Waals surface area contributed by atoms with Crippen LogP contribution in [-0.2, 0) is 23.6 Å². The van der Waals surface area contributed by atoms with Gasteiger partial charge in [0.1, 0.15) is 5.75 Å². The van der Waals surface area contributed by atoms with E-state index in [1.54, 1.807) is 6.07 Å². The van der Waals surface area contributed by atoms with Crippen LogP contribution in [0.15, 0.2) is 48.5 Å². The third kappa shape index (κ3) is 4.28. The van der Waals surface area contributed by atoms with Crippen LogP contribution in [0.5, 0.6) is 5.75 Å². The highest BCUT2D eigenvalue weighted by Gasteiger charge is 2.38. The van der Waals surface area contributed by atoms with Gasteiger partial charge in [0.05, 0.1) is 19.5 Å². The summed E-state index contributed by atoms with van der Waals surface area (Å²) in [6.07, 6.45) is 0.699. The van der Waals surface area contributed by atoms with E-state index in [2.05, 4.69) is 0 Å². The highest BCUT2D eigenvalue weighted by Crippen LogP contribution is 2.56. The molecule has 0 saturated heterocycles. The van der Waals surface area contributed by atoms with Crippen molar-refractivity contribution in [2.75, 3.05) is 20.4 Å². The summed E-state index contributed by atoms with van der Waals surface area (Å²) in [7, 11) is -0.660. The maximum absolute atomic E-state index is 13.9. The first kappa shape index (κ1) is 20.2. The van der Waals surface area contributed by atoms with Crippen LogP contribution in [0.4, 0.5) is 0 Å². The average Bonchev–Trinajstić information content (AvgIpc) is 2.71. The molecule has 0 saturated carbocycles. The Labute approximate surface area is 164 Å². The lowest BCUT2D eigenvalue weighted by molar-refractivity contribution is -0.143. The van der Waals surface area contributed by atoms with Gasteiger partial charge in [0, 0.05) is 24.6 Å². The lowest BCUT2D eigenvalue weighted by Gasteiger charge is -2.30. The largest absolute Gasteiger partial charge is 0.469 e. The second kappa shape index (κ2) is 8.61. The van der Waals surface area contributed by atoms with Gasteiger partial charge in [-0.15, -0.1) is 0 Å². The molecule has 0 aliphatic carbocycles. The number of esters is 2. The van der Waals surface area contributed by atoms with Crippen LogP contribution in [0.2, 0.25) is 0 Å². The number of methoxy groups -OCH3 is 2. The van der Waals surface area contributed by atoms with Crippen LogP contribution in [0.1, 0.15) is 19.3 Å². The van der Waals surface area contributed by atoms with Crippen LogP contribution in [-0.4, -0.2) is 32.3 Å². The van der Waals surface area contributed by atoms with Crippen molar-refractivity contribution in [2.45, 2.75) is 19.3 Å². The molecular weight excluding hydrogens is 379 g/mol. The van der Waals surface area contributed by atoms with Crippen molar-refractivity contribution in [3.63, 3.8) is 0 Å². The minimum Gasteiger partial charge on any atom is -0.469 e. The van der Waals surface area contributed by atoms with Crippen LogP contribution in [0.3, 0.4) is 0 Å². The first-order chi connectivity index (χ1) is 13.5. The number of para-hydroxylation sites is 1. The molecule has 2 aromatic rings. The van der Waals surface area contributed by atoms with Crippen molar-refractivity contribution < 1.29 is 28.2 Å². The van der Waals surface area contributed by atoms with Gasteiger partial charge >= 0.3 is 11.9 Å². The molecule has 0 aromatic heterocycles. The Hall–Kier alpha value is -2.59. The number of carbonyl (C=O) groups is 2. The van der Waals surface area contributed by atoms with E-state index in [9.17, 15) is 14.2 Å². The quantitative estimate of drug-likeness (QED) is 0.518. The van der Waals surface area contributed by atoms with Gasteiger partial charge in [-0.3, -0.25) is 14.2 Å². The maximum Gasteiger partial charge on any atom is 0.305 e. The minimum absolute atomic E-state index is 0.0602. The molecule has 0 fully saturated rings. The van der Waals surface area contributed by atoms with Crippen molar-refractivity contribution in [1.29, 1.82) is 0 Å². The molecular formula is C21H23O6P. The van der Waals surface area contributed by atoms with E-state index >= 15 is 0 Å². The Morgan fingerprint density at radius 1 is 0.964 bits per heavy atom. The second-order valence-electron chi connectivity index (χ2n) is 6.72. The molecule has 0 bridgehead atoms. The zero-order valence-corrected chi connectivity index (χ0v) is 16.8. The zero-order chi connectivity index (χ0) is 20.1. The third-order valence-corrected chi connectivity index (χ3v) is 7.47. The Balaban J connectivity index is 1.92. The molecule has 148 valence electrons. The maximum atomic E-state index is 13.9. The fourth-order valence-electron chi connectivity index (χ4n) is 3.45. The van der Waals surface area contributed by atoms with E-state index in [0.717, 1.165) is 11.1 Å². The molecule has 0 radical (unpaired) electrons. The van der Waals surface area contributed by atoms with Crippen LogP contribution in [0.25, 0.3) is 11.1 Å². The van der Waals surface area contributed by atoms with Crippen molar-refractivity contribution >= 4 is 24.6 Å². The van der Waals surface area contributed by atoms with Crippen molar-refractivity contribution in [3.05, 3.63) is 48.5 Å². The van der Waals surface area contributed by atoms with E-state index in [4.69, 9.17) is 14.0 Å². The fraction of sp³-hybridized carbons (Fsp3) is 0.333. The van der Waals surface area contributed by atoms with Gasteiger partial charge in [0.15, 0.2) is 0 Å². The summed E-state index contributed by atoms with van der Waals surface area (Å²) >= 11 is 0. The third-order valence-electron chi connectivity index (χ3n) is 4.86. The van der Waals surface area contributed by atoms with Gasteiger partial charge in [-0.2, -0.15) is 0 Å². The second-order valence-corrected chi connectivity index (χ2v) is 9.10. The van der Waals surface area contributed by atoms with Gasteiger partial charge in [-0.25, -0.2) is 0 Å². The Bertz CT molecular complexity index is 923. The summed E-state index contributed by atoms with van der Waals surface area (Å²) in [6.45, 7) is 0. The summed E-state index contributed by atoms with van der Waals surface area (Å²) in [6, 6.07) is 14.9. The van der Waals surface area contributed by atoms with Gasteiger partial charge in [-0.1, -0.05) is 36.4 Å². The molecule has 0 N–H and O–H groups in total. The normalized spacial score (nSPS) is 18.2. The Kier molecular flexibility index (Phi) is 6.20. The number of carbonyl (C=O) groups excluding carboxylic acids is 2. The summed E-state index contributed by atoms with van der Waals surface area (Å²) < 4.78 is 29.4. The zero-order valence-electron chi connectivity index (χ0n) is 15.9. The summed E-state index contributed by atoms with van der Waals surface area (Å²) in [4.78, 5) is 23.4. The molecule has 6 nitrogen and oxygen atoms in total. The summed E-state index contributed by atoms with van der Waals surface area (Å²) in [5, 5.41) is 0.640. The SMILES string of the molecule is COC(=O)CCC(CC(=O)OC)CP1(=O)Oc2ccccc2-c2ccccc21. The molecule has 28 heavy (non-hydrogen) atoms. The number of hydrogen-bond acceptors (Lipinski definition) is 6. The molecule has 0 amide bonds. The fourth-order valence-corrected chi connectivity index (χ4v) is 6.17. The van der Waals surface area contributed by atoms with Crippen LogP contribution in [0, 0.1) is 5.92 Å². The highest BCUT2D eigenvalue weighted by molar-refractivity contribution is 7.67. The predicted octanol–water partition coefficient (Wildman–Crippen LogP) is 3.78. The molecule has 1 aliphatic rings. The number of benzene rings is 2. The minimum atomic E-state index is -3.29. The first-order valence-electron chi connectivity index (χ1n) is 9.08. The van der Waals surface area contributed by atoms with E-state index in [1.165, 1.54) is 14.2 Å². The van der Waals surface area contributed by atoms with E-state index in [-0.39, 0.29) is 30.9 Å². The monoisotopic (exact) mass is 402 g/mol. The highest BCUT2D eigenvalue weighted by atomic mass is 31.2. The molecule has 1 aliphatic heterocycles. The lowest BCUT2D eigenvalue weighted by atomic mass is 10.0. The van der Waals surface area contributed by atoms with Gasteiger partial charge in [0.2, 0.25) is 0 Å². The Morgan fingerprint density at radius 2 is 1.61 bits per heavy atom. The average molecular weight is 402 g/mol. The lowest BCUT2D eigenvalue weighted by Crippen LogP contribution is -2.25. The van der Waals surface area contributed by atoms with Crippen molar-refractivity contribution in [1.82, 2.24) is 0 Å². The molecule has 3 rings (SSSR count). The van der Waals surface area contributed by atoms with Gasteiger partial charge < -0.3 is 14.0 Å². The molecule has 2 atom stereocenters. The topological polar surface area (TPSA) is 78.9 Å². The number of hydrogen-bond donors (Lipinski definition) is 0. The van der Waals surface area contributed by atoms with E-state index < -0.39 is 13.3 Å². The number of rotatable bonds is 7. The smallest absolute Gasteiger partial charge is 0.305 e. The standard InChI is InChI=1S/C21H23O6P/c1-25-20(22)12-11-15(13-21(23)26-2)14-28(24)19-10-6-4-8-17(19)16-7-3-5-9-18(16)27-28/h3-10,15H,11-14H2,1-2H3. The van der Waals surface area contributed by atoms with Gasteiger partial charge in [0.25, 0.3) is 7.37 Å². The molecule has 7 heteroatoms. The van der Waals surface area contributed by atoms with E-state index in [1.807, 2.05) is 42.5 Å². The predicted molar refractivity (Wildman–Crippen MR) is 106 cm³/mol. The van der Waals surface area contributed by atoms with Crippen LogP contribution < -0.4 is 9.83 Å². The van der Waals surface area contributed by atoms with Crippen LogP contribution >= 0.6 is 7.37 Å². The summed E-state index contributed by atoms with van der Waals surface area (Å²) in [5.74, 6) is -0.555. The summed E-state index contributed by atoms with van der Waals surface area (Å²) in [5.41, 5.74) is 1.76. The van der Waals surface area contributed by atoms with Crippen molar-refractivity contribution in [3.8, 4) is 16.9 Å². The van der Waals surface area contributed by atoms with Crippen molar-refractivity contribution in [2.24, 2.45) is 5.92 Å². The molecule has 1 heterocycles. The molecule has 2 aromatic carbocycles. The molecule has 2 unspecified atom stereocenters. The number of ether oxygens (including phenoxy) is 2. The Morgan fingerprint density at radius 3 is 2.32 bits per heavy atom. The number of fused-ring (bicyclic) bond motifs is 3. The molecule has 0 spiro atoms.